The summed E-state index contributed by atoms with van der Waals surface area (Å²) in [6.07, 6.45) is 1.36. The molecule has 0 spiro atoms. The van der Waals surface area contributed by atoms with Crippen molar-refractivity contribution in [3.05, 3.63) is 66.8 Å². The van der Waals surface area contributed by atoms with E-state index in [2.05, 4.69) is 33.1 Å². The molecule has 0 saturated carbocycles. The average Bonchev–Trinajstić information content (AvgIpc) is 2.56. The summed E-state index contributed by atoms with van der Waals surface area (Å²) in [6, 6.07) is 9.76. The average molecular weight is 439 g/mol. The van der Waals surface area contributed by atoms with Gasteiger partial charge in [0.25, 0.3) is 11.6 Å². The number of halogens is 1. The molecule has 0 bridgehead atoms. The van der Waals surface area contributed by atoms with E-state index in [0.717, 1.165) is 3.57 Å². The first-order valence-electron chi connectivity index (χ1n) is 6.84. The molecule has 24 heavy (non-hydrogen) atoms. The summed E-state index contributed by atoms with van der Waals surface area (Å²) >= 11 is 2.11. The van der Waals surface area contributed by atoms with Gasteiger partial charge >= 0.3 is 0 Å². The molecule has 0 aromatic heterocycles. The number of methoxy groups -OCH3 is 1. The van der Waals surface area contributed by atoms with Crippen molar-refractivity contribution in [2.24, 2.45) is 5.10 Å². The first-order chi connectivity index (χ1) is 11.4. The van der Waals surface area contributed by atoms with Crippen LogP contribution in [0.5, 0.6) is 5.75 Å². The lowest BCUT2D eigenvalue weighted by molar-refractivity contribution is -0.385. The Morgan fingerprint density at radius 3 is 2.75 bits per heavy atom. The number of benzene rings is 2. The van der Waals surface area contributed by atoms with Gasteiger partial charge in [-0.1, -0.05) is 12.1 Å². The molecular formula is C16H14IN3O4. The number of hydrogen-bond acceptors (Lipinski definition) is 5. The zero-order valence-corrected chi connectivity index (χ0v) is 15.1. The van der Waals surface area contributed by atoms with Gasteiger partial charge < -0.3 is 4.74 Å². The Labute approximate surface area is 152 Å². The number of nitrogens with zero attached hydrogens (tertiary/aromatic N) is 2. The van der Waals surface area contributed by atoms with E-state index >= 15 is 0 Å². The summed E-state index contributed by atoms with van der Waals surface area (Å²) in [4.78, 5) is 22.5. The zero-order valence-electron chi connectivity index (χ0n) is 12.9. The number of nitrogens with one attached hydrogen (secondary N) is 1. The summed E-state index contributed by atoms with van der Waals surface area (Å²) in [5.74, 6) is 0.198. The molecule has 0 aliphatic heterocycles. The van der Waals surface area contributed by atoms with Crippen LogP contribution in [0.25, 0.3) is 0 Å². The highest BCUT2D eigenvalue weighted by atomic mass is 127. The van der Waals surface area contributed by atoms with E-state index in [1.165, 1.54) is 19.4 Å². The lowest BCUT2D eigenvalue weighted by atomic mass is 10.1. The molecule has 0 fully saturated rings. The molecule has 7 nitrogen and oxygen atoms in total. The molecule has 0 radical (unpaired) electrons. The van der Waals surface area contributed by atoms with Gasteiger partial charge in [-0.15, -0.1) is 0 Å². The minimum atomic E-state index is -0.455. The Balaban J connectivity index is 2.10. The molecule has 1 N–H and O–H groups in total. The van der Waals surface area contributed by atoms with Crippen molar-refractivity contribution < 1.29 is 14.5 Å². The molecular weight excluding hydrogens is 425 g/mol. The fourth-order valence-electron chi connectivity index (χ4n) is 1.93. The van der Waals surface area contributed by atoms with Crippen molar-refractivity contribution in [1.82, 2.24) is 5.43 Å². The number of nitro benzene ring substituents is 1. The Hall–Kier alpha value is -2.49. The Kier molecular flexibility index (Phi) is 5.85. The van der Waals surface area contributed by atoms with Crippen LogP contribution in [0, 0.1) is 20.6 Å². The number of carbonyl (C=O) groups is 1. The van der Waals surface area contributed by atoms with E-state index in [9.17, 15) is 14.9 Å². The van der Waals surface area contributed by atoms with Crippen LogP contribution in [0.1, 0.15) is 21.5 Å². The van der Waals surface area contributed by atoms with Gasteiger partial charge in [-0.2, -0.15) is 5.10 Å². The van der Waals surface area contributed by atoms with Crippen molar-refractivity contribution in [2.45, 2.75) is 6.92 Å². The van der Waals surface area contributed by atoms with Crippen molar-refractivity contribution in [1.29, 1.82) is 0 Å². The van der Waals surface area contributed by atoms with Crippen LogP contribution in [0.2, 0.25) is 0 Å². The van der Waals surface area contributed by atoms with Crippen molar-refractivity contribution in [3.8, 4) is 5.75 Å². The number of hydrogen-bond donors (Lipinski definition) is 1. The van der Waals surface area contributed by atoms with Gasteiger partial charge in [0, 0.05) is 22.8 Å². The van der Waals surface area contributed by atoms with Crippen LogP contribution < -0.4 is 10.2 Å². The van der Waals surface area contributed by atoms with E-state index in [0.29, 0.717) is 22.4 Å². The Bertz CT molecular complexity index is 821. The maximum atomic E-state index is 12.1. The molecule has 0 saturated heterocycles. The molecule has 2 aromatic carbocycles. The first-order valence-corrected chi connectivity index (χ1v) is 7.92. The summed E-state index contributed by atoms with van der Waals surface area (Å²) in [6.45, 7) is 1.66. The van der Waals surface area contributed by atoms with Gasteiger partial charge in [-0.25, -0.2) is 5.43 Å². The van der Waals surface area contributed by atoms with Gasteiger partial charge in [0.15, 0.2) is 0 Å². The highest BCUT2D eigenvalue weighted by molar-refractivity contribution is 14.1. The molecule has 0 aliphatic rings. The number of carbonyl (C=O) groups excluding carboxylic acids is 1. The highest BCUT2D eigenvalue weighted by Gasteiger charge is 2.10. The third-order valence-electron chi connectivity index (χ3n) is 3.22. The first kappa shape index (κ1) is 17.9. The van der Waals surface area contributed by atoms with E-state index in [4.69, 9.17) is 4.74 Å². The predicted molar refractivity (Wildman–Crippen MR) is 98.6 cm³/mol. The molecule has 8 heteroatoms. The van der Waals surface area contributed by atoms with E-state index in [1.807, 2.05) is 0 Å². The topological polar surface area (TPSA) is 93.8 Å². The van der Waals surface area contributed by atoms with Crippen LogP contribution in [-0.4, -0.2) is 24.2 Å². The van der Waals surface area contributed by atoms with Crippen molar-refractivity contribution in [3.63, 3.8) is 0 Å². The number of ether oxygens (including phenoxy) is 1. The lowest BCUT2D eigenvalue weighted by Crippen LogP contribution is -2.17. The second-order valence-corrected chi connectivity index (χ2v) is 6.01. The molecule has 0 unspecified atom stereocenters. The second kappa shape index (κ2) is 7.86. The van der Waals surface area contributed by atoms with Crippen LogP contribution >= 0.6 is 22.6 Å². The number of rotatable bonds is 5. The van der Waals surface area contributed by atoms with Crippen molar-refractivity contribution in [2.75, 3.05) is 7.11 Å². The van der Waals surface area contributed by atoms with Gasteiger partial charge in [-0.3, -0.25) is 14.9 Å². The van der Waals surface area contributed by atoms with Crippen LogP contribution in [0.4, 0.5) is 5.69 Å². The standard InChI is InChI=1S/C16H14IN3O4/c1-10-3-4-11(7-14(10)20(22)23)9-18-19-16(21)12-5-6-13(17)15(8-12)24-2/h3-9H,1-2H3,(H,19,21)/b18-9-. The van der Waals surface area contributed by atoms with E-state index in [1.54, 1.807) is 37.3 Å². The third-order valence-corrected chi connectivity index (χ3v) is 4.11. The number of amides is 1. The number of nitro groups is 1. The molecule has 0 heterocycles. The third kappa shape index (κ3) is 4.28. The quantitative estimate of drug-likeness (QED) is 0.335. The molecule has 2 aromatic rings. The van der Waals surface area contributed by atoms with Crippen LogP contribution in [0.3, 0.4) is 0 Å². The van der Waals surface area contributed by atoms with Gasteiger partial charge in [0.1, 0.15) is 5.75 Å². The zero-order chi connectivity index (χ0) is 17.7. The second-order valence-electron chi connectivity index (χ2n) is 4.85. The van der Waals surface area contributed by atoms with Gasteiger partial charge in [0.05, 0.1) is 21.8 Å². The minimum Gasteiger partial charge on any atom is -0.496 e. The summed E-state index contributed by atoms with van der Waals surface area (Å²) in [5, 5.41) is 14.7. The predicted octanol–water partition coefficient (Wildman–Crippen LogP) is 3.28. The van der Waals surface area contributed by atoms with E-state index in [-0.39, 0.29) is 5.69 Å². The fourth-order valence-corrected chi connectivity index (χ4v) is 2.49. The lowest BCUT2D eigenvalue weighted by Gasteiger charge is -2.05. The monoisotopic (exact) mass is 439 g/mol. The number of hydrazone groups is 1. The smallest absolute Gasteiger partial charge is 0.272 e. The number of aryl methyl sites for hydroxylation is 1. The van der Waals surface area contributed by atoms with Crippen LogP contribution in [-0.2, 0) is 0 Å². The normalized spacial score (nSPS) is 10.6. The van der Waals surface area contributed by atoms with Crippen LogP contribution in [0.15, 0.2) is 41.5 Å². The molecule has 0 atom stereocenters. The molecule has 2 rings (SSSR count). The maximum absolute atomic E-state index is 12.1. The highest BCUT2D eigenvalue weighted by Crippen LogP contribution is 2.22. The Morgan fingerprint density at radius 1 is 1.33 bits per heavy atom. The summed E-state index contributed by atoms with van der Waals surface area (Å²) < 4.78 is 6.06. The van der Waals surface area contributed by atoms with Gasteiger partial charge in [0.2, 0.25) is 0 Å². The SMILES string of the molecule is COc1cc(C(=O)N/N=C\c2ccc(C)c([N+](=O)[O-])c2)ccc1I. The van der Waals surface area contributed by atoms with Gasteiger partial charge in [-0.05, 0) is 47.7 Å². The van der Waals surface area contributed by atoms with Crippen molar-refractivity contribution >= 4 is 40.4 Å². The Morgan fingerprint density at radius 2 is 2.08 bits per heavy atom. The maximum Gasteiger partial charge on any atom is 0.272 e. The fraction of sp³-hybridized carbons (Fsp3) is 0.125. The summed E-state index contributed by atoms with van der Waals surface area (Å²) in [5.41, 5.74) is 3.88. The summed E-state index contributed by atoms with van der Waals surface area (Å²) in [7, 11) is 1.53. The largest absolute Gasteiger partial charge is 0.496 e. The molecule has 1 amide bonds. The minimum absolute atomic E-state index is 0.00708. The molecule has 124 valence electrons. The van der Waals surface area contributed by atoms with E-state index < -0.39 is 10.8 Å². The molecule has 0 aliphatic carbocycles.